The normalized spacial score (nSPS) is 14.7. The van der Waals surface area contributed by atoms with Crippen LogP contribution in [0, 0.1) is 0 Å². The van der Waals surface area contributed by atoms with Crippen molar-refractivity contribution in [2.24, 2.45) is 0 Å². The minimum atomic E-state index is -10.7. The molecule has 2 heterocycles. The van der Waals surface area contributed by atoms with Gasteiger partial charge in [0.2, 0.25) is 12.7 Å². The predicted molar refractivity (Wildman–Crippen MR) is 142 cm³/mol. The van der Waals surface area contributed by atoms with Crippen LogP contribution in [-0.4, -0.2) is 15.6 Å². The Bertz CT molecular complexity index is 1270. The van der Waals surface area contributed by atoms with Gasteiger partial charge in [-0.25, -0.2) is 9.13 Å². The van der Waals surface area contributed by atoms with Gasteiger partial charge < -0.3 is 8.96 Å². The number of halogens is 6. The molecule has 0 radical (unpaired) electrons. The second-order valence-corrected chi connectivity index (χ2v) is 13.4. The van der Waals surface area contributed by atoms with Gasteiger partial charge >= 0.3 is 39.4 Å². The predicted octanol–water partition coefficient (Wildman–Crippen LogP) is 6.41. The van der Waals surface area contributed by atoms with Crippen molar-refractivity contribution in [3.8, 4) is 0 Å². The van der Waals surface area contributed by atoms with Gasteiger partial charge in [0.1, 0.15) is 23.5 Å². The molecule has 2 aromatic carbocycles. The number of imidazole rings is 2. The summed E-state index contributed by atoms with van der Waals surface area (Å²) in [5.41, 5.74) is 2.54. The molecule has 0 unspecified atom stereocenters. The first kappa shape index (κ1) is 29.5. The van der Waals surface area contributed by atoms with E-state index in [2.05, 4.69) is 158 Å². The summed E-state index contributed by atoms with van der Waals surface area (Å²) in [5.74, 6) is 0. The van der Waals surface area contributed by atoms with Crippen molar-refractivity contribution in [1.29, 1.82) is 0 Å². The topological polar surface area (TPSA) is 17.6 Å². The van der Waals surface area contributed by atoms with E-state index in [1.165, 1.54) is 10.9 Å². The molecule has 0 N–H and O–H groups in total. The van der Waals surface area contributed by atoms with Gasteiger partial charge in [0.05, 0.1) is 12.4 Å². The van der Waals surface area contributed by atoms with Crippen LogP contribution in [0.15, 0.2) is 98.1 Å². The molecule has 208 valence electrons. The number of rotatable bonds is 4. The molecule has 4 aromatic rings. The second kappa shape index (κ2) is 9.01. The van der Waals surface area contributed by atoms with Gasteiger partial charge in [-0.3, -0.25) is 0 Å². The summed E-state index contributed by atoms with van der Waals surface area (Å²) >= 11 is 0. The van der Waals surface area contributed by atoms with Crippen molar-refractivity contribution in [1.82, 2.24) is 9.13 Å². The Balaban J connectivity index is 0.000000505. The van der Waals surface area contributed by atoms with E-state index >= 15 is 0 Å². The molecule has 0 aliphatic heterocycles. The molecule has 0 amide bonds. The molecule has 0 atom stereocenters. The fourth-order valence-corrected chi connectivity index (χ4v) is 4.45. The second-order valence-electron chi connectivity index (χ2n) is 11.4. The van der Waals surface area contributed by atoms with E-state index in [4.69, 9.17) is 0 Å². The number of nitrogens with zero attached hydrogens (tertiary/aromatic N) is 4. The first-order valence-corrected chi connectivity index (χ1v) is 14.1. The molecule has 2 aromatic heterocycles. The number of hydrogen-bond donors (Lipinski definition) is 0. The fraction of sp³-hybridized carbons (Fsp3) is 0.308. The third-order valence-electron chi connectivity index (χ3n) is 6.26. The Hall–Kier alpha value is -3.07. The number of aromatic nitrogens is 4. The maximum atomic E-state index is 9.87. The van der Waals surface area contributed by atoms with E-state index in [1.807, 2.05) is 0 Å². The SMILES string of the molecule is CC(C)(C)n1cc[n+]([B-](c2ccccc2)(c2ccccc2)[n+]2ccn(C(C)(C)C)c2)c1.F[P-](F)(F)(F)(F)F. The average molecular weight is 558 g/mol. The summed E-state index contributed by atoms with van der Waals surface area (Å²) in [6.07, 6.45) is 11.8. The van der Waals surface area contributed by atoms with E-state index in [-0.39, 0.29) is 11.1 Å². The zero-order valence-corrected chi connectivity index (χ0v) is 23.2. The van der Waals surface area contributed by atoms with Crippen LogP contribution >= 0.6 is 7.81 Å². The molecule has 0 aliphatic carbocycles. The van der Waals surface area contributed by atoms with Crippen LogP contribution in [-0.2, 0) is 11.1 Å². The minimum absolute atomic E-state index is 0.00243. The van der Waals surface area contributed by atoms with Gasteiger partial charge in [0.25, 0.3) is 0 Å². The van der Waals surface area contributed by atoms with Gasteiger partial charge in [-0.1, -0.05) is 60.7 Å². The molecular formula is C26H34BF6N4P. The van der Waals surface area contributed by atoms with E-state index in [9.17, 15) is 25.2 Å². The third kappa shape index (κ3) is 7.50. The van der Waals surface area contributed by atoms with Crippen LogP contribution in [0.3, 0.4) is 0 Å². The van der Waals surface area contributed by atoms with Gasteiger partial charge in [-0.05, 0) is 41.5 Å². The standard InChI is InChI=1S/C26H34BN4.F6P/c1-25(2,3)28-17-19-30(21-28)27(23-13-9-7-10-14-23,24-15-11-8-12-16-24)31-20-18-29(22-31)26(4,5)6;1-7(2,3,4,5)6/h7-22H,1-6H3;/q+1;-1. The molecule has 0 spiro atoms. The van der Waals surface area contributed by atoms with Crippen LogP contribution in [0.4, 0.5) is 25.2 Å². The van der Waals surface area contributed by atoms with Crippen molar-refractivity contribution in [2.75, 3.05) is 0 Å². The molecule has 0 saturated heterocycles. The van der Waals surface area contributed by atoms with Crippen molar-refractivity contribution < 1.29 is 34.1 Å². The van der Waals surface area contributed by atoms with E-state index in [0.29, 0.717) is 0 Å². The van der Waals surface area contributed by atoms with Crippen LogP contribution in [0.25, 0.3) is 0 Å². The maximum absolute atomic E-state index is 10.7. The van der Waals surface area contributed by atoms with Crippen molar-refractivity contribution >= 4 is 25.1 Å². The van der Waals surface area contributed by atoms with Crippen molar-refractivity contribution in [3.05, 3.63) is 98.1 Å². The molecule has 4 rings (SSSR count). The van der Waals surface area contributed by atoms with Crippen LogP contribution in [0.1, 0.15) is 41.5 Å². The van der Waals surface area contributed by atoms with Gasteiger partial charge in [0.15, 0.2) is 0 Å². The van der Waals surface area contributed by atoms with E-state index in [0.717, 1.165) is 0 Å². The number of hydrogen-bond acceptors (Lipinski definition) is 0. The molecule has 4 nitrogen and oxygen atoms in total. The van der Waals surface area contributed by atoms with Crippen molar-refractivity contribution in [3.63, 3.8) is 0 Å². The van der Waals surface area contributed by atoms with Gasteiger partial charge in [0, 0.05) is 0 Å². The number of benzene rings is 2. The zero-order chi connectivity index (χ0) is 28.7. The Morgan fingerprint density at radius 3 is 1.11 bits per heavy atom. The molecular weight excluding hydrogens is 524 g/mol. The van der Waals surface area contributed by atoms with Crippen LogP contribution in [0.2, 0.25) is 0 Å². The Kier molecular flexibility index (Phi) is 6.99. The zero-order valence-electron chi connectivity index (χ0n) is 22.3. The Labute approximate surface area is 219 Å². The quantitative estimate of drug-likeness (QED) is 0.157. The third-order valence-corrected chi connectivity index (χ3v) is 6.26. The van der Waals surface area contributed by atoms with E-state index in [1.54, 1.807) is 0 Å². The first-order chi connectivity index (χ1) is 17.1. The van der Waals surface area contributed by atoms with Gasteiger partial charge in [-0.15, -0.1) is 10.9 Å². The first-order valence-electron chi connectivity index (χ1n) is 12.1. The summed E-state index contributed by atoms with van der Waals surface area (Å²) < 4.78 is 68.6. The summed E-state index contributed by atoms with van der Waals surface area (Å²) in [6.45, 7) is 13.4. The molecule has 0 fully saturated rings. The molecule has 38 heavy (non-hydrogen) atoms. The van der Waals surface area contributed by atoms with Crippen molar-refractivity contribution in [2.45, 2.75) is 52.6 Å². The summed E-state index contributed by atoms with van der Waals surface area (Å²) in [5, 5.41) is 0. The van der Waals surface area contributed by atoms with Crippen LogP contribution in [0.5, 0.6) is 0 Å². The summed E-state index contributed by atoms with van der Waals surface area (Å²) in [7, 11) is -10.7. The fourth-order valence-electron chi connectivity index (χ4n) is 4.45. The summed E-state index contributed by atoms with van der Waals surface area (Å²) in [6, 6.07) is 21.7. The van der Waals surface area contributed by atoms with Gasteiger partial charge in [-0.2, -0.15) is 0 Å². The van der Waals surface area contributed by atoms with E-state index < -0.39 is 14.2 Å². The Morgan fingerprint density at radius 1 is 0.579 bits per heavy atom. The summed E-state index contributed by atoms with van der Waals surface area (Å²) in [4.78, 5) is 0. The molecule has 0 aliphatic rings. The van der Waals surface area contributed by atoms with Crippen LogP contribution < -0.4 is 19.9 Å². The monoisotopic (exact) mass is 558 g/mol. The molecule has 0 bridgehead atoms. The molecule has 0 saturated carbocycles. The molecule has 12 heteroatoms. The average Bonchev–Trinajstić information content (AvgIpc) is 3.44. The Morgan fingerprint density at radius 2 is 0.868 bits per heavy atom.